The van der Waals surface area contributed by atoms with Crippen LogP contribution in [0.5, 0.6) is 0 Å². The van der Waals surface area contributed by atoms with Crippen LogP contribution < -0.4 is 11.2 Å². The summed E-state index contributed by atoms with van der Waals surface area (Å²) in [5, 5.41) is 0. The number of oxazole rings is 1. The molecule has 0 bridgehead atoms. The molecule has 0 radical (unpaired) electrons. The quantitative estimate of drug-likeness (QED) is 0.552. The van der Waals surface area contributed by atoms with E-state index in [0.717, 1.165) is 6.07 Å². The third-order valence-corrected chi connectivity index (χ3v) is 3.10. The lowest BCUT2D eigenvalue weighted by Gasteiger charge is -2.05. The van der Waals surface area contributed by atoms with Crippen molar-refractivity contribution in [3.8, 4) is 11.5 Å². The molecular formula is C11H13N2O7P. The second-order valence-corrected chi connectivity index (χ2v) is 5.89. The number of carbonyl (C=O) groups is 1. The molecule has 21 heavy (non-hydrogen) atoms. The SMILES string of the molecule is CC(C)OC(=O)c1oc(N)nc1-c1ccc(P(=O)(O)O)o1. The van der Waals surface area contributed by atoms with Crippen molar-refractivity contribution in [2.45, 2.75) is 20.0 Å². The number of esters is 1. The van der Waals surface area contributed by atoms with Crippen molar-refractivity contribution in [1.82, 2.24) is 4.98 Å². The van der Waals surface area contributed by atoms with E-state index in [1.165, 1.54) is 6.07 Å². The molecule has 0 saturated carbocycles. The Hall–Kier alpha value is -2.09. The van der Waals surface area contributed by atoms with Crippen LogP contribution in [0, 0.1) is 0 Å². The first-order valence-electron chi connectivity index (χ1n) is 5.82. The first-order valence-corrected chi connectivity index (χ1v) is 7.43. The summed E-state index contributed by atoms with van der Waals surface area (Å²) in [7, 11) is -4.54. The van der Waals surface area contributed by atoms with Gasteiger partial charge in [-0.1, -0.05) is 0 Å². The number of furan rings is 1. The predicted molar refractivity (Wildman–Crippen MR) is 70.8 cm³/mol. The molecule has 0 unspecified atom stereocenters. The standard InChI is InChI=1S/C11H13N2O7P/c1-5(2)18-10(14)9-8(13-11(12)20-9)6-3-4-7(19-6)21(15,16)17/h3-5H,1-2H3,(H2,12,13)(H2,15,16,17). The largest absolute Gasteiger partial charge is 0.457 e. The molecule has 0 fully saturated rings. The lowest BCUT2D eigenvalue weighted by Crippen LogP contribution is -2.11. The van der Waals surface area contributed by atoms with E-state index < -0.39 is 19.1 Å². The molecule has 2 heterocycles. The minimum Gasteiger partial charge on any atom is -0.457 e. The fourth-order valence-corrected chi connectivity index (χ4v) is 2.01. The number of nitrogens with two attached hydrogens (primary N) is 1. The molecule has 0 aliphatic carbocycles. The van der Waals surface area contributed by atoms with Crippen molar-refractivity contribution in [3.63, 3.8) is 0 Å². The average Bonchev–Trinajstić information content (AvgIpc) is 2.92. The Kier molecular flexibility index (Phi) is 3.91. The van der Waals surface area contributed by atoms with Crippen molar-refractivity contribution < 1.29 is 32.7 Å². The Morgan fingerprint density at radius 3 is 2.57 bits per heavy atom. The molecular weight excluding hydrogens is 303 g/mol. The van der Waals surface area contributed by atoms with Crippen molar-refractivity contribution >= 4 is 25.1 Å². The number of hydrogen-bond acceptors (Lipinski definition) is 7. The third kappa shape index (κ3) is 3.33. The molecule has 2 aromatic heterocycles. The molecule has 2 aromatic rings. The fourth-order valence-electron chi connectivity index (χ4n) is 1.52. The van der Waals surface area contributed by atoms with E-state index in [0.29, 0.717) is 0 Å². The van der Waals surface area contributed by atoms with Crippen molar-refractivity contribution in [2.75, 3.05) is 5.73 Å². The zero-order valence-corrected chi connectivity index (χ0v) is 12.0. The summed E-state index contributed by atoms with van der Waals surface area (Å²) in [6, 6.07) is 2.03. The van der Waals surface area contributed by atoms with E-state index in [9.17, 15) is 9.36 Å². The lowest BCUT2D eigenvalue weighted by molar-refractivity contribution is 0.0343. The number of hydrogen-bond donors (Lipinski definition) is 3. The number of anilines is 1. The maximum Gasteiger partial charge on any atom is 0.391 e. The predicted octanol–water partition coefficient (Wildman–Crippen LogP) is 0.885. The normalized spacial score (nSPS) is 11.9. The highest BCUT2D eigenvalue weighted by Crippen LogP contribution is 2.36. The van der Waals surface area contributed by atoms with Gasteiger partial charge in [0, 0.05) is 0 Å². The summed E-state index contributed by atoms with van der Waals surface area (Å²) in [6.45, 7) is 3.30. The highest BCUT2D eigenvalue weighted by molar-refractivity contribution is 7.59. The fraction of sp³-hybridized carbons (Fsp3) is 0.273. The van der Waals surface area contributed by atoms with Gasteiger partial charge in [0.2, 0.25) is 11.3 Å². The van der Waals surface area contributed by atoms with Crippen LogP contribution in [-0.2, 0) is 9.30 Å². The molecule has 0 amide bonds. The van der Waals surface area contributed by atoms with E-state index in [2.05, 4.69) is 4.98 Å². The van der Waals surface area contributed by atoms with Crippen LogP contribution in [0.25, 0.3) is 11.5 Å². The first kappa shape index (κ1) is 15.3. The van der Waals surface area contributed by atoms with Crippen molar-refractivity contribution in [2.24, 2.45) is 0 Å². The molecule has 10 heteroatoms. The Bertz CT molecular complexity index is 712. The van der Waals surface area contributed by atoms with Gasteiger partial charge < -0.3 is 29.1 Å². The van der Waals surface area contributed by atoms with E-state index in [-0.39, 0.29) is 29.3 Å². The zero-order chi connectivity index (χ0) is 15.8. The minimum atomic E-state index is -4.54. The van der Waals surface area contributed by atoms with Gasteiger partial charge in [0.15, 0.2) is 11.5 Å². The van der Waals surface area contributed by atoms with Gasteiger partial charge in [0.25, 0.3) is 6.01 Å². The zero-order valence-electron chi connectivity index (χ0n) is 11.1. The Morgan fingerprint density at radius 1 is 1.38 bits per heavy atom. The number of nitrogen functional groups attached to an aromatic ring is 1. The van der Waals surface area contributed by atoms with Crippen molar-refractivity contribution in [3.05, 3.63) is 17.9 Å². The van der Waals surface area contributed by atoms with Crippen LogP contribution >= 0.6 is 7.60 Å². The van der Waals surface area contributed by atoms with Gasteiger partial charge >= 0.3 is 13.6 Å². The van der Waals surface area contributed by atoms with E-state index >= 15 is 0 Å². The van der Waals surface area contributed by atoms with E-state index in [4.69, 9.17) is 29.1 Å². The highest BCUT2D eigenvalue weighted by atomic mass is 31.2. The molecule has 9 nitrogen and oxygen atoms in total. The molecule has 0 aromatic carbocycles. The van der Waals surface area contributed by atoms with Gasteiger partial charge in [-0.15, -0.1) is 0 Å². The number of rotatable bonds is 4. The summed E-state index contributed by atoms with van der Waals surface area (Å²) in [5.41, 5.74) is 4.76. The van der Waals surface area contributed by atoms with Gasteiger partial charge in [0.1, 0.15) is 0 Å². The molecule has 0 saturated heterocycles. The maximum atomic E-state index is 11.9. The Labute approximate surface area is 118 Å². The van der Waals surface area contributed by atoms with E-state index in [1.54, 1.807) is 13.8 Å². The van der Waals surface area contributed by atoms with Crippen LogP contribution in [0.4, 0.5) is 6.01 Å². The molecule has 0 aliphatic rings. The van der Waals surface area contributed by atoms with Gasteiger partial charge in [-0.3, -0.25) is 4.57 Å². The molecule has 114 valence electrons. The molecule has 0 atom stereocenters. The molecule has 0 aliphatic heterocycles. The molecule has 4 N–H and O–H groups in total. The van der Waals surface area contributed by atoms with Crippen LogP contribution in [0.3, 0.4) is 0 Å². The average molecular weight is 316 g/mol. The number of ether oxygens (including phenoxy) is 1. The lowest BCUT2D eigenvalue weighted by atomic mass is 10.3. The van der Waals surface area contributed by atoms with Gasteiger partial charge in [-0.05, 0) is 26.0 Å². The Morgan fingerprint density at radius 2 is 2.05 bits per heavy atom. The maximum absolute atomic E-state index is 11.9. The molecule has 2 rings (SSSR count). The first-order chi connectivity index (χ1) is 9.68. The smallest absolute Gasteiger partial charge is 0.391 e. The second-order valence-electron chi connectivity index (χ2n) is 4.37. The third-order valence-electron chi connectivity index (χ3n) is 2.28. The summed E-state index contributed by atoms with van der Waals surface area (Å²) in [5.74, 6) is -1.17. The van der Waals surface area contributed by atoms with Crippen molar-refractivity contribution in [1.29, 1.82) is 0 Å². The number of nitrogens with zero attached hydrogens (tertiary/aromatic N) is 1. The minimum absolute atomic E-state index is 0.0653. The summed E-state index contributed by atoms with van der Waals surface area (Å²) in [6.07, 6.45) is -0.390. The van der Waals surface area contributed by atoms with Crippen LogP contribution in [0.2, 0.25) is 0 Å². The van der Waals surface area contributed by atoms with Gasteiger partial charge in [-0.2, -0.15) is 4.98 Å². The van der Waals surface area contributed by atoms with Crippen LogP contribution in [0.1, 0.15) is 24.4 Å². The highest BCUT2D eigenvalue weighted by Gasteiger charge is 2.28. The van der Waals surface area contributed by atoms with E-state index in [1.807, 2.05) is 0 Å². The van der Waals surface area contributed by atoms with Crippen LogP contribution in [-0.4, -0.2) is 26.8 Å². The second kappa shape index (κ2) is 5.36. The Balaban J connectivity index is 2.43. The topological polar surface area (TPSA) is 149 Å². The van der Waals surface area contributed by atoms with Gasteiger partial charge in [-0.25, -0.2) is 4.79 Å². The molecule has 0 spiro atoms. The monoisotopic (exact) mass is 316 g/mol. The summed E-state index contributed by atoms with van der Waals surface area (Å²) < 4.78 is 26.0. The van der Waals surface area contributed by atoms with Gasteiger partial charge in [0.05, 0.1) is 6.10 Å². The number of aromatic nitrogens is 1. The number of carbonyl (C=O) groups excluding carboxylic acids is 1. The summed E-state index contributed by atoms with van der Waals surface area (Å²) >= 11 is 0. The summed E-state index contributed by atoms with van der Waals surface area (Å²) in [4.78, 5) is 33.6. The van der Waals surface area contributed by atoms with Crippen LogP contribution in [0.15, 0.2) is 21.0 Å².